The summed E-state index contributed by atoms with van der Waals surface area (Å²) in [5, 5.41) is 0. The minimum Gasteiger partial charge on any atom is -0.491 e. The zero-order chi connectivity index (χ0) is 18.2. The van der Waals surface area contributed by atoms with Crippen LogP contribution >= 0.6 is 0 Å². The molecule has 0 fully saturated rings. The second-order valence-electron chi connectivity index (χ2n) is 5.59. The van der Waals surface area contributed by atoms with E-state index in [1.807, 2.05) is 30.3 Å². The topological polar surface area (TPSA) is 71.1 Å². The minimum atomic E-state index is -3.93. The largest absolute Gasteiger partial charge is 0.491 e. The van der Waals surface area contributed by atoms with Crippen molar-refractivity contribution in [3.63, 3.8) is 0 Å². The van der Waals surface area contributed by atoms with Crippen molar-refractivity contribution in [3.05, 3.63) is 30.3 Å². The van der Waals surface area contributed by atoms with Crippen molar-refractivity contribution in [2.24, 2.45) is 0 Å². The molecule has 6 nitrogen and oxygen atoms in total. The monoisotopic (exact) mass is 397 g/mol. The summed E-state index contributed by atoms with van der Waals surface area (Å²) in [5.41, 5.74) is 0. The van der Waals surface area contributed by atoms with Crippen LogP contribution < -0.4 is 4.74 Å². The fourth-order valence-electron chi connectivity index (χ4n) is 2.11. The van der Waals surface area contributed by atoms with Gasteiger partial charge in [0.1, 0.15) is 12.4 Å². The molecule has 0 spiro atoms. The van der Waals surface area contributed by atoms with Crippen molar-refractivity contribution >= 4 is 40.0 Å². The van der Waals surface area contributed by atoms with Crippen LogP contribution in [-0.2, 0) is 23.5 Å². The summed E-state index contributed by atoms with van der Waals surface area (Å²) in [7, 11) is -3.93. The summed E-state index contributed by atoms with van der Waals surface area (Å²) < 4.78 is 43.3. The minimum absolute atomic E-state index is 0. The number of ether oxygens (including phenoxy) is 2. The molecule has 0 heterocycles. The van der Waals surface area contributed by atoms with Gasteiger partial charge >= 0.3 is 10.4 Å². The standard InChI is InChI=1S/C18H30O6S.Na/c1-2-3-4-5-6-10-13-23-25(19,20)24-17-15-21-14-16-22-18-11-8-7-9-12-18;/h7-9,11-12H,2-6,10,13-17H2,1H3;. The van der Waals surface area contributed by atoms with E-state index in [9.17, 15) is 8.42 Å². The van der Waals surface area contributed by atoms with Crippen LogP contribution in [0.2, 0.25) is 0 Å². The van der Waals surface area contributed by atoms with Crippen LogP contribution in [0.1, 0.15) is 45.4 Å². The third-order valence-electron chi connectivity index (χ3n) is 3.42. The first-order valence-corrected chi connectivity index (χ1v) is 10.3. The molecule has 0 amide bonds. The SMILES string of the molecule is CCCCCCCCOS(=O)(=O)OCCOCCOc1ccccc1.[Na]. The normalized spacial score (nSPS) is 11.1. The Morgan fingerprint density at radius 1 is 0.769 bits per heavy atom. The van der Waals surface area contributed by atoms with Crippen molar-refractivity contribution in [2.45, 2.75) is 45.4 Å². The molecule has 0 aromatic heterocycles. The summed E-state index contributed by atoms with van der Waals surface area (Å²) in [5.74, 6) is 0.771. The summed E-state index contributed by atoms with van der Waals surface area (Å²) >= 11 is 0. The summed E-state index contributed by atoms with van der Waals surface area (Å²) in [6, 6.07) is 9.41. The molecule has 0 N–H and O–H groups in total. The molecule has 0 aliphatic carbocycles. The third-order valence-corrected chi connectivity index (χ3v) is 4.33. The second-order valence-corrected chi connectivity index (χ2v) is 6.88. The van der Waals surface area contributed by atoms with Crippen molar-refractivity contribution in [1.82, 2.24) is 0 Å². The number of unbranched alkanes of at least 4 members (excludes halogenated alkanes) is 5. The predicted molar refractivity (Wildman–Crippen MR) is 103 cm³/mol. The second kappa shape index (κ2) is 17.0. The first-order chi connectivity index (χ1) is 12.1. The summed E-state index contributed by atoms with van der Waals surface area (Å²) in [4.78, 5) is 0. The van der Waals surface area contributed by atoms with Gasteiger partial charge in [-0.05, 0) is 18.6 Å². The average Bonchev–Trinajstić information content (AvgIpc) is 2.61. The van der Waals surface area contributed by atoms with Gasteiger partial charge in [-0.2, -0.15) is 8.42 Å². The van der Waals surface area contributed by atoms with E-state index in [1.54, 1.807) is 0 Å². The van der Waals surface area contributed by atoms with Gasteiger partial charge in [-0.15, -0.1) is 0 Å². The van der Waals surface area contributed by atoms with Gasteiger partial charge < -0.3 is 9.47 Å². The van der Waals surface area contributed by atoms with Crippen LogP contribution in [0.4, 0.5) is 0 Å². The van der Waals surface area contributed by atoms with Crippen LogP contribution in [0.5, 0.6) is 5.75 Å². The quantitative estimate of drug-likeness (QED) is 0.315. The average molecular weight is 397 g/mol. The molecule has 1 radical (unpaired) electrons. The molecule has 1 rings (SSSR count). The summed E-state index contributed by atoms with van der Waals surface area (Å²) in [6.45, 7) is 3.18. The number of benzene rings is 1. The number of hydrogen-bond donors (Lipinski definition) is 0. The zero-order valence-corrected chi connectivity index (χ0v) is 18.8. The molecule has 0 unspecified atom stereocenters. The molecule has 0 atom stereocenters. The Balaban J connectivity index is 0.00000625. The Hall–Kier alpha value is -0.150. The summed E-state index contributed by atoms with van der Waals surface area (Å²) in [6.07, 6.45) is 6.40. The molecule has 0 aliphatic rings. The van der Waals surface area contributed by atoms with E-state index in [0.29, 0.717) is 13.2 Å². The Bertz CT molecular complexity index is 524. The van der Waals surface area contributed by atoms with E-state index in [2.05, 4.69) is 6.92 Å². The number of para-hydroxylation sites is 1. The van der Waals surface area contributed by atoms with E-state index in [0.717, 1.165) is 25.0 Å². The van der Waals surface area contributed by atoms with Crippen molar-refractivity contribution < 1.29 is 26.3 Å². The van der Waals surface area contributed by atoms with Crippen LogP contribution in [-0.4, -0.2) is 71.0 Å². The van der Waals surface area contributed by atoms with E-state index in [1.165, 1.54) is 19.3 Å². The van der Waals surface area contributed by atoms with Gasteiger partial charge in [0.2, 0.25) is 0 Å². The number of rotatable bonds is 16. The maximum atomic E-state index is 11.5. The van der Waals surface area contributed by atoms with Crippen molar-refractivity contribution in [1.29, 1.82) is 0 Å². The first-order valence-electron chi connectivity index (χ1n) is 8.93. The Morgan fingerprint density at radius 3 is 2.12 bits per heavy atom. The fraction of sp³-hybridized carbons (Fsp3) is 0.667. The van der Waals surface area contributed by atoms with Crippen LogP contribution in [0.15, 0.2) is 30.3 Å². The van der Waals surface area contributed by atoms with Gasteiger partial charge in [0.15, 0.2) is 0 Å². The van der Waals surface area contributed by atoms with E-state index < -0.39 is 10.4 Å². The molecule has 26 heavy (non-hydrogen) atoms. The van der Waals surface area contributed by atoms with E-state index >= 15 is 0 Å². The van der Waals surface area contributed by atoms with Crippen LogP contribution in [0.25, 0.3) is 0 Å². The smallest absolute Gasteiger partial charge is 0.399 e. The van der Waals surface area contributed by atoms with Crippen molar-refractivity contribution in [2.75, 3.05) is 33.0 Å². The van der Waals surface area contributed by atoms with Gasteiger partial charge in [0.05, 0.1) is 26.4 Å². The van der Waals surface area contributed by atoms with Gasteiger partial charge in [-0.25, -0.2) is 8.37 Å². The van der Waals surface area contributed by atoms with Gasteiger partial charge in [-0.3, -0.25) is 0 Å². The molecule has 145 valence electrons. The van der Waals surface area contributed by atoms with Crippen molar-refractivity contribution in [3.8, 4) is 5.75 Å². The van der Waals surface area contributed by atoms with Gasteiger partial charge in [0.25, 0.3) is 0 Å². The molecule has 8 heteroatoms. The Kier molecular flexibility index (Phi) is 16.9. The predicted octanol–water partition coefficient (Wildman–Crippen LogP) is 3.34. The molecule has 1 aromatic rings. The van der Waals surface area contributed by atoms with Gasteiger partial charge in [-0.1, -0.05) is 57.2 Å². The molecular weight excluding hydrogens is 367 g/mol. The maximum absolute atomic E-state index is 11.5. The first kappa shape index (κ1) is 25.9. The molecule has 0 aliphatic heterocycles. The van der Waals surface area contributed by atoms with E-state index in [4.69, 9.17) is 17.8 Å². The Labute approximate surface area is 180 Å². The fourth-order valence-corrected chi connectivity index (χ4v) is 2.77. The maximum Gasteiger partial charge on any atom is 0.399 e. The molecule has 1 aromatic carbocycles. The molecular formula is C18H30NaO6S. The third kappa shape index (κ3) is 15.0. The molecule has 0 saturated heterocycles. The van der Waals surface area contributed by atoms with Crippen LogP contribution in [0.3, 0.4) is 0 Å². The van der Waals surface area contributed by atoms with Crippen LogP contribution in [0, 0.1) is 0 Å². The zero-order valence-electron chi connectivity index (χ0n) is 16.0. The molecule has 0 saturated carbocycles. The van der Waals surface area contributed by atoms with Gasteiger partial charge in [0, 0.05) is 29.6 Å². The number of hydrogen-bond acceptors (Lipinski definition) is 6. The Morgan fingerprint density at radius 2 is 1.38 bits per heavy atom. The molecule has 0 bridgehead atoms. The van der Waals surface area contributed by atoms with E-state index in [-0.39, 0.29) is 49.4 Å².